The highest BCUT2D eigenvalue weighted by Crippen LogP contribution is 2.34. The van der Waals surface area contributed by atoms with Crippen LogP contribution in [0.25, 0.3) is 0 Å². The number of hydrogen-bond acceptors (Lipinski definition) is 7. The number of nitrogens with zero attached hydrogens (tertiary/aromatic N) is 4. The van der Waals surface area contributed by atoms with Gasteiger partial charge in [-0.15, -0.1) is 0 Å². The van der Waals surface area contributed by atoms with Crippen molar-refractivity contribution in [3.63, 3.8) is 0 Å². The SMILES string of the molecule is CCNC(C)(C)C(=O)N1CCC(c2cc(C)c(Nc3ncc(Cl)c(Nc4cc(C)[nH]n4)n3)cc2C)CC1. The number of anilines is 4. The van der Waals surface area contributed by atoms with Gasteiger partial charge in [-0.25, -0.2) is 4.98 Å². The molecule has 1 aromatic carbocycles. The number of nitrogens with one attached hydrogen (secondary N) is 4. The van der Waals surface area contributed by atoms with Crippen molar-refractivity contribution in [2.24, 2.45) is 0 Å². The predicted molar refractivity (Wildman–Crippen MR) is 149 cm³/mol. The number of hydrogen-bond donors (Lipinski definition) is 4. The molecule has 0 bridgehead atoms. The van der Waals surface area contributed by atoms with Gasteiger partial charge in [0.15, 0.2) is 11.6 Å². The summed E-state index contributed by atoms with van der Waals surface area (Å²) >= 11 is 6.31. The van der Waals surface area contributed by atoms with Crippen molar-refractivity contribution in [3.05, 3.63) is 51.8 Å². The van der Waals surface area contributed by atoms with E-state index in [1.165, 1.54) is 11.1 Å². The summed E-state index contributed by atoms with van der Waals surface area (Å²) < 4.78 is 0. The molecule has 1 amide bonds. The minimum absolute atomic E-state index is 0.180. The number of aryl methyl sites for hydroxylation is 3. The first-order valence-electron chi connectivity index (χ1n) is 12.8. The van der Waals surface area contributed by atoms with E-state index in [0.717, 1.165) is 49.4 Å². The van der Waals surface area contributed by atoms with Crippen LogP contribution in [-0.4, -0.2) is 56.1 Å². The minimum atomic E-state index is -0.530. The van der Waals surface area contributed by atoms with Crippen LogP contribution in [0.1, 0.15) is 61.9 Å². The van der Waals surface area contributed by atoms with Gasteiger partial charge in [-0.2, -0.15) is 10.1 Å². The van der Waals surface area contributed by atoms with Gasteiger partial charge in [0.1, 0.15) is 5.02 Å². The lowest BCUT2D eigenvalue weighted by atomic mass is 9.85. The maximum absolute atomic E-state index is 13.0. The Balaban J connectivity index is 1.44. The third-order valence-corrected chi connectivity index (χ3v) is 7.21. The second-order valence-corrected chi connectivity index (χ2v) is 10.7. The summed E-state index contributed by atoms with van der Waals surface area (Å²) in [5, 5.41) is 17.3. The molecule has 3 heterocycles. The lowest BCUT2D eigenvalue weighted by Crippen LogP contribution is -2.55. The fourth-order valence-corrected chi connectivity index (χ4v) is 5.10. The molecule has 37 heavy (non-hydrogen) atoms. The molecule has 4 rings (SSSR count). The average molecular weight is 525 g/mol. The Hall–Kier alpha value is -3.17. The fraction of sp³-hybridized carbons (Fsp3) is 0.481. The van der Waals surface area contributed by atoms with Crippen LogP contribution < -0.4 is 16.0 Å². The zero-order chi connectivity index (χ0) is 26.7. The van der Waals surface area contributed by atoms with E-state index in [9.17, 15) is 4.79 Å². The van der Waals surface area contributed by atoms with Gasteiger partial charge in [0.2, 0.25) is 11.9 Å². The van der Waals surface area contributed by atoms with Crippen LogP contribution in [0.2, 0.25) is 5.02 Å². The number of benzene rings is 1. The number of H-pyrrole nitrogens is 1. The van der Waals surface area contributed by atoms with Gasteiger partial charge in [-0.1, -0.05) is 24.6 Å². The summed E-state index contributed by atoms with van der Waals surface area (Å²) in [5.74, 6) is 2.18. The van der Waals surface area contributed by atoms with E-state index in [1.807, 2.05) is 38.7 Å². The summed E-state index contributed by atoms with van der Waals surface area (Å²) in [7, 11) is 0. The molecule has 0 aliphatic carbocycles. The Morgan fingerprint density at radius 2 is 1.86 bits per heavy atom. The van der Waals surface area contributed by atoms with E-state index in [-0.39, 0.29) is 5.91 Å². The Labute approximate surface area is 223 Å². The summed E-state index contributed by atoms with van der Waals surface area (Å²) in [4.78, 5) is 23.9. The number of aromatic amines is 1. The van der Waals surface area contributed by atoms with E-state index < -0.39 is 5.54 Å². The van der Waals surface area contributed by atoms with Gasteiger partial charge in [0, 0.05) is 30.5 Å². The maximum Gasteiger partial charge on any atom is 0.242 e. The number of likely N-dealkylation sites (N-methyl/N-ethyl adjacent to an activating group) is 1. The molecule has 4 N–H and O–H groups in total. The van der Waals surface area contributed by atoms with Crippen molar-refractivity contribution in [3.8, 4) is 0 Å². The highest BCUT2D eigenvalue weighted by atomic mass is 35.5. The standard InChI is InChI=1S/C27H37ClN8O/c1-7-30-27(5,6)25(37)36-10-8-19(9-11-36)20-12-17(3)22(13-16(20)2)31-26-29-15-21(28)24(33-26)32-23-14-18(4)34-35-23/h12-15,19,30H,7-11H2,1-6H3,(H3,29,31,32,33,34,35). The molecule has 9 nitrogen and oxygen atoms in total. The van der Waals surface area contributed by atoms with Crippen molar-refractivity contribution in [2.45, 2.75) is 65.8 Å². The lowest BCUT2D eigenvalue weighted by molar-refractivity contribution is -0.138. The smallest absolute Gasteiger partial charge is 0.242 e. The summed E-state index contributed by atoms with van der Waals surface area (Å²) in [6, 6.07) is 6.28. The highest BCUT2D eigenvalue weighted by molar-refractivity contribution is 6.32. The quantitative estimate of drug-likeness (QED) is 0.314. The minimum Gasteiger partial charge on any atom is -0.341 e. The molecule has 2 aromatic heterocycles. The number of halogens is 1. The number of carbonyl (C=O) groups excluding carboxylic acids is 1. The van der Waals surface area contributed by atoms with E-state index in [0.29, 0.717) is 28.5 Å². The molecular weight excluding hydrogens is 488 g/mol. The highest BCUT2D eigenvalue weighted by Gasteiger charge is 2.33. The van der Waals surface area contributed by atoms with Crippen molar-refractivity contribution < 1.29 is 4.79 Å². The van der Waals surface area contributed by atoms with Crippen LogP contribution in [0.15, 0.2) is 24.4 Å². The Morgan fingerprint density at radius 3 is 2.51 bits per heavy atom. The molecule has 198 valence electrons. The zero-order valence-corrected chi connectivity index (χ0v) is 23.3. The summed E-state index contributed by atoms with van der Waals surface area (Å²) in [5.41, 5.74) is 5.03. The van der Waals surface area contributed by atoms with Gasteiger partial charge >= 0.3 is 0 Å². The van der Waals surface area contributed by atoms with Crippen LogP contribution in [0, 0.1) is 20.8 Å². The first-order valence-corrected chi connectivity index (χ1v) is 13.2. The van der Waals surface area contributed by atoms with Crippen molar-refractivity contribution in [1.29, 1.82) is 0 Å². The number of piperidine rings is 1. The monoisotopic (exact) mass is 524 g/mol. The lowest BCUT2D eigenvalue weighted by Gasteiger charge is -2.38. The molecular formula is C27H37ClN8O. The molecule has 10 heteroatoms. The van der Waals surface area contributed by atoms with Crippen LogP contribution >= 0.6 is 11.6 Å². The molecule has 3 aromatic rings. The second kappa shape index (κ2) is 11.1. The first-order chi connectivity index (χ1) is 17.6. The van der Waals surface area contributed by atoms with E-state index in [1.54, 1.807) is 6.20 Å². The number of likely N-dealkylation sites (tertiary alicyclic amines) is 1. The Morgan fingerprint density at radius 1 is 1.14 bits per heavy atom. The van der Waals surface area contributed by atoms with Gasteiger partial charge in [-0.05, 0) is 82.7 Å². The van der Waals surface area contributed by atoms with Crippen LogP contribution in [0.5, 0.6) is 0 Å². The van der Waals surface area contributed by atoms with Crippen molar-refractivity contribution in [1.82, 2.24) is 30.4 Å². The van der Waals surface area contributed by atoms with E-state index in [4.69, 9.17) is 11.6 Å². The molecule has 1 aliphatic heterocycles. The van der Waals surface area contributed by atoms with Crippen molar-refractivity contribution in [2.75, 3.05) is 30.3 Å². The van der Waals surface area contributed by atoms with Gasteiger partial charge in [0.05, 0.1) is 11.7 Å². The number of aromatic nitrogens is 4. The van der Waals surface area contributed by atoms with E-state index in [2.05, 4.69) is 62.1 Å². The zero-order valence-electron chi connectivity index (χ0n) is 22.5. The van der Waals surface area contributed by atoms with Crippen LogP contribution in [-0.2, 0) is 4.79 Å². The predicted octanol–water partition coefficient (Wildman–Crippen LogP) is 5.36. The summed E-state index contributed by atoms with van der Waals surface area (Å²) in [6.07, 6.45) is 3.49. The second-order valence-electron chi connectivity index (χ2n) is 10.3. The normalized spacial score (nSPS) is 14.6. The third kappa shape index (κ3) is 6.22. The average Bonchev–Trinajstić information content (AvgIpc) is 3.27. The molecule has 0 unspecified atom stereocenters. The largest absolute Gasteiger partial charge is 0.341 e. The van der Waals surface area contributed by atoms with Crippen LogP contribution in [0.3, 0.4) is 0 Å². The molecule has 0 spiro atoms. The van der Waals surface area contributed by atoms with Gasteiger partial charge in [0.25, 0.3) is 0 Å². The topological polar surface area (TPSA) is 111 Å². The number of amides is 1. The molecule has 1 aliphatic rings. The fourth-order valence-electron chi connectivity index (χ4n) is 4.96. The van der Waals surface area contributed by atoms with Gasteiger partial charge in [-0.3, -0.25) is 9.89 Å². The first kappa shape index (κ1) is 26.9. The third-order valence-electron chi connectivity index (χ3n) is 6.93. The van der Waals surface area contributed by atoms with Gasteiger partial charge < -0.3 is 20.9 Å². The number of rotatable bonds is 8. The van der Waals surface area contributed by atoms with Crippen molar-refractivity contribution >= 4 is 40.8 Å². The van der Waals surface area contributed by atoms with E-state index >= 15 is 0 Å². The summed E-state index contributed by atoms with van der Waals surface area (Å²) in [6.45, 7) is 14.4. The Kier molecular flexibility index (Phi) is 8.04. The molecule has 1 fully saturated rings. The molecule has 0 atom stereocenters. The van der Waals surface area contributed by atoms with Crippen LogP contribution in [0.4, 0.5) is 23.3 Å². The Bertz CT molecular complexity index is 1260. The number of carbonyl (C=O) groups is 1. The molecule has 1 saturated heterocycles. The molecule has 0 saturated carbocycles. The maximum atomic E-state index is 13.0. The molecule has 0 radical (unpaired) electrons.